The van der Waals surface area contributed by atoms with Gasteiger partial charge in [-0.15, -0.1) is 0 Å². The van der Waals surface area contributed by atoms with Gasteiger partial charge in [-0.25, -0.2) is 4.79 Å². The van der Waals surface area contributed by atoms with E-state index in [0.29, 0.717) is 37.2 Å². The molecule has 0 N–H and O–H groups in total. The fraction of sp³-hybridized carbons (Fsp3) is 0.280. The van der Waals surface area contributed by atoms with Gasteiger partial charge in [-0.1, -0.05) is 42.2 Å². The fourth-order valence-electron chi connectivity index (χ4n) is 3.95. The van der Waals surface area contributed by atoms with Gasteiger partial charge in [0.05, 0.1) is 24.2 Å². The van der Waals surface area contributed by atoms with Crippen LogP contribution in [0.5, 0.6) is 0 Å². The van der Waals surface area contributed by atoms with Crippen molar-refractivity contribution in [2.24, 2.45) is 7.05 Å². The highest BCUT2D eigenvalue weighted by atomic mass is 19.4. The van der Waals surface area contributed by atoms with E-state index in [2.05, 4.69) is 11.8 Å². The van der Waals surface area contributed by atoms with Crippen molar-refractivity contribution in [3.05, 3.63) is 103 Å². The summed E-state index contributed by atoms with van der Waals surface area (Å²) in [5.74, 6) is 5.85. The van der Waals surface area contributed by atoms with Gasteiger partial charge in [-0.05, 0) is 29.8 Å². The van der Waals surface area contributed by atoms with Crippen LogP contribution in [-0.4, -0.2) is 27.1 Å². The number of fused-ring (bicyclic) bond motifs is 1. The maximum absolute atomic E-state index is 13.1. The number of hydrogen-bond donors (Lipinski definition) is 0. The van der Waals surface area contributed by atoms with Crippen molar-refractivity contribution >= 4 is 0 Å². The molecule has 1 aliphatic heterocycles. The molecule has 0 unspecified atom stereocenters. The molecular weight excluding hydrogens is 431 g/mol. The molecule has 4 rings (SSSR count). The smallest absolute Gasteiger partial charge is 0.300 e. The summed E-state index contributed by atoms with van der Waals surface area (Å²) in [6, 6.07) is 14.1. The van der Waals surface area contributed by atoms with Crippen molar-refractivity contribution in [1.82, 2.24) is 14.0 Å². The average Bonchev–Trinajstić information content (AvgIpc) is 2.81. The molecule has 0 radical (unpaired) electrons. The zero-order chi connectivity index (χ0) is 23.6. The predicted octanol–water partition coefficient (Wildman–Crippen LogP) is 3.02. The Balaban J connectivity index is 1.52. The van der Waals surface area contributed by atoms with Crippen LogP contribution in [0.4, 0.5) is 13.2 Å². The lowest BCUT2D eigenvalue weighted by molar-refractivity contribution is -0.137. The maximum atomic E-state index is 13.1. The van der Waals surface area contributed by atoms with Crippen LogP contribution in [0.25, 0.3) is 0 Å². The van der Waals surface area contributed by atoms with Crippen molar-refractivity contribution in [2.45, 2.75) is 25.7 Å². The van der Waals surface area contributed by atoms with Gasteiger partial charge in [0, 0.05) is 37.8 Å². The van der Waals surface area contributed by atoms with E-state index < -0.39 is 11.7 Å². The minimum atomic E-state index is -4.37. The van der Waals surface area contributed by atoms with Gasteiger partial charge in [-0.2, -0.15) is 13.2 Å². The standard InChI is InChI=1S/C25H22F3N3O2/c1-29-22-13-15-30(14-5-8-18-9-11-20(12-10-18)25(26,27)28)17-21(22)23(32)31(24(29)33)16-19-6-3-2-4-7-19/h2-4,6-7,9-12H,13-17H2,1H3. The van der Waals surface area contributed by atoms with Crippen LogP contribution < -0.4 is 11.2 Å². The minimum absolute atomic E-state index is 0.202. The van der Waals surface area contributed by atoms with Crippen molar-refractivity contribution in [3.63, 3.8) is 0 Å². The lowest BCUT2D eigenvalue weighted by Gasteiger charge is -2.28. The summed E-state index contributed by atoms with van der Waals surface area (Å²) in [4.78, 5) is 27.9. The Labute approximate surface area is 188 Å². The van der Waals surface area contributed by atoms with Crippen LogP contribution in [0.2, 0.25) is 0 Å². The lowest BCUT2D eigenvalue weighted by Crippen LogP contribution is -2.47. The summed E-state index contributed by atoms with van der Waals surface area (Å²) in [5, 5.41) is 0. The number of rotatable bonds is 3. The SMILES string of the molecule is Cn1c2c(c(=O)n(Cc3ccccc3)c1=O)CN(CC#Cc1ccc(C(F)(F)F)cc1)CC2. The molecule has 2 heterocycles. The van der Waals surface area contributed by atoms with Gasteiger partial charge in [0.2, 0.25) is 0 Å². The van der Waals surface area contributed by atoms with Gasteiger partial charge in [0.15, 0.2) is 0 Å². The topological polar surface area (TPSA) is 47.2 Å². The van der Waals surface area contributed by atoms with Crippen molar-refractivity contribution in [3.8, 4) is 11.8 Å². The van der Waals surface area contributed by atoms with Crippen LogP contribution in [-0.2, 0) is 32.7 Å². The van der Waals surface area contributed by atoms with Crippen LogP contribution >= 0.6 is 0 Å². The highest BCUT2D eigenvalue weighted by Gasteiger charge is 2.29. The zero-order valence-corrected chi connectivity index (χ0v) is 18.0. The second kappa shape index (κ2) is 9.12. The van der Waals surface area contributed by atoms with Crippen LogP contribution in [0.1, 0.15) is 27.9 Å². The molecule has 3 aromatic rings. The van der Waals surface area contributed by atoms with E-state index in [4.69, 9.17) is 0 Å². The summed E-state index contributed by atoms with van der Waals surface area (Å²) < 4.78 is 40.8. The minimum Gasteiger partial charge on any atom is -0.300 e. The van der Waals surface area contributed by atoms with E-state index in [-0.39, 0.29) is 17.8 Å². The third-order valence-electron chi connectivity index (χ3n) is 5.75. The monoisotopic (exact) mass is 453 g/mol. The van der Waals surface area contributed by atoms with Crippen LogP contribution in [0, 0.1) is 11.8 Å². The Morgan fingerprint density at radius 2 is 1.70 bits per heavy atom. The first-order valence-electron chi connectivity index (χ1n) is 10.5. The highest BCUT2D eigenvalue weighted by Crippen LogP contribution is 2.28. The molecule has 0 amide bonds. The third kappa shape index (κ3) is 4.94. The van der Waals surface area contributed by atoms with E-state index in [0.717, 1.165) is 23.4 Å². The summed E-state index contributed by atoms with van der Waals surface area (Å²) >= 11 is 0. The van der Waals surface area contributed by atoms with Gasteiger partial charge in [0.1, 0.15) is 0 Å². The number of nitrogens with zero attached hydrogens (tertiary/aromatic N) is 3. The molecule has 170 valence electrons. The molecule has 0 aliphatic carbocycles. The van der Waals surface area contributed by atoms with E-state index in [1.807, 2.05) is 35.2 Å². The second-order valence-corrected chi connectivity index (χ2v) is 7.98. The molecule has 0 fully saturated rings. The van der Waals surface area contributed by atoms with E-state index in [9.17, 15) is 22.8 Å². The van der Waals surface area contributed by atoms with E-state index in [1.54, 1.807) is 11.6 Å². The Morgan fingerprint density at radius 1 is 1.00 bits per heavy atom. The average molecular weight is 453 g/mol. The van der Waals surface area contributed by atoms with Crippen molar-refractivity contribution < 1.29 is 13.2 Å². The molecule has 0 saturated heterocycles. The zero-order valence-electron chi connectivity index (χ0n) is 18.0. The number of benzene rings is 2. The molecule has 0 atom stereocenters. The summed E-state index contributed by atoms with van der Waals surface area (Å²) in [5.41, 5.74) is 1.34. The Hall–Kier alpha value is -3.57. The molecule has 1 aromatic heterocycles. The largest absolute Gasteiger partial charge is 0.416 e. The van der Waals surface area contributed by atoms with Gasteiger partial charge < -0.3 is 4.57 Å². The number of hydrogen-bond acceptors (Lipinski definition) is 3. The Kier molecular flexibility index (Phi) is 6.25. The normalized spacial score (nSPS) is 13.8. The lowest BCUT2D eigenvalue weighted by atomic mass is 10.1. The van der Waals surface area contributed by atoms with Gasteiger partial charge in [0.25, 0.3) is 5.56 Å². The molecule has 2 aromatic carbocycles. The van der Waals surface area contributed by atoms with Crippen molar-refractivity contribution in [2.75, 3.05) is 13.1 Å². The van der Waals surface area contributed by atoms with Crippen molar-refractivity contribution in [1.29, 1.82) is 0 Å². The van der Waals surface area contributed by atoms with Gasteiger partial charge >= 0.3 is 11.9 Å². The van der Waals surface area contributed by atoms with E-state index in [1.165, 1.54) is 16.7 Å². The number of aromatic nitrogens is 2. The molecule has 33 heavy (non-hydrogen) atoms. The fourth-order valence-corrected chi connectivity index (χ4v) is 3.95. The van der Waals surface area contributed by atoms with Crippen LogP contribution in [0.3, 0.4) is 0 Å². The number of halogens is 3. The molecule has 0 saturated carbocycles. The molecule has 1 aliphatic rings. The summed E-state index contributed by atoms with van der Waals surface area (Å²) in [6.07, 6.45) is -3.83. The first kappa shape index (κ1) is 22.6. The third-order valence-corrected chi connectivity index (χ3v) is 5.75. The molecular formula is C25H22F3N3O2. The first-order valence-corrected chi connectivity index (χ1v) is 10.5. The molecule has 5 nitrogen and oxygen atoms in total. The molecule has 0 bridgehead atoms. The predicted molar refractivity (Wildman–Crippen MR) is 119 cm³/mol. The molecule has 8 heteroatoms. The van der Waals surface area contributed by atoms with Crippen LogP contribution in [0.15, 0.2) is 64.2 Å². The maximum Gasteiger partial charge on any atom is 0.416 e. The second-order valence-electron chi connectivity index (χ2n) is 7.98. The summed E-state index contributed by atoms with van der Waals surface area (Å²) in [7, 11) is 1.68. The highest BCUT2D eigenvalue weighted by molar-refractivity contribution is 5.37. The Bertz CT molecular complexity index is 1330. The Morgan fingerprint density at radius 3 is 2.36 bits per heavy atom. The summed E-state index contributed by atoms with van der Waals surface area (Å²) in [6.45, 7) is 1.55. The van der Waals surface area contributed by atoms with Gasteiger partial charge in [-0.3, -0.25) is 14.3 Å². The number of alkyl halides is 3. The quantitative estimate of drug-likeness (QED) is 0.573. The first-order chi connectivity index (χ1) is 15.7. The molecule has 0 spiro atoms. The van der Waals surface area contributed by atoms with E-state index >= 15 is 0 Å².